The third-order valence-corrected chi connectivity index (χ3v) is 4.36. The van der Waals surface area contributed by atoms with Gasteiger partial charge in [0.2, 0.25) is 11.8 Å². The Labute approximate surface area is 118 Å². The Kier molecular flexibility index (Phi) is 2.35. The molecule has 6 heteroatoms. The molecule has 1 aromatic carbocycles. The lowest BCUT2D eigenvalue weighted by Gasteiger charge is -2.17. The molecule has 2 amide bonds. The molecule has 0 aliphatic carbocycles. The van der Waals surface area contributed by atoms with Crippen LogP contribution < -0.4 is 4.90 Å². The topological polar surface area (TPSA) is 46.6 Å². The molecular weight excluding hydrogens is 285 g/mol. The highest BCUT2D eigenvalue weighted by atomic mass is 35.5. The number of rotatable bonds is 1. The summed E-state index contributed by atoms with van der Waals surface area (Å²) in [6.45, 7) is 0. The van der Waals surface area contributed by atoms with Crippen molar-refractivity contribution in [3.63, 3.8) is 0 Å². The minimum Gasteiger partial charge on any atom is -0.365 e. The second-order valence-electron chi connectivity index (χ2n) is 5.11. The van der Waals surface area contributed by atoms with Crippen molar-refractivity contribution in [2.24, 2.45) is 11.8 Å². The number of hydrogen-bond donors (Lipinski definition) is 0. The van der Waals surface area contributed by atoms with Crippen LogP contribution in [-0.4, -0.2) is 24.0 Å². The number of benzene rings is 1. The number of amides is 2. The van der Waals surface area contributed by atoms with Crippen LogP contribution in [-0.2, 0) is 14.3 Å². The first-order valence-electron chi connectivity index (χ1n) is 6.24. The summed E-state index contributed by atoms with van der Waals surface area (Å²) in [5.74, 6) is -2.14. The molecule has 1 aromatic rings. The Morgan fingerprint density at radius 2 is 1.70 bits per heavy atom. The first-order valence-corrected chi connectivity index (χ1v) is 6.62. The van der Waals surface area contributed by atoms with Gasteiger partial charge in [0.1, 0.15) is 5.82 Å². The number of nitrogens with zero attached hydrogens (tertiary/aromatic N) is 1. The van der Waals surface area contributed by atoms with Gasteiger partial charge in [0.05, 0.1) is 34.8 Å². The quantitative estimate of drug-likeness (QED) is 0.587. The maximum Gasteiger partial charge on any atom is 0.240 e. The fraction of sp³-hybridized carbons (Fsp3) is 0.286. The Morgan fingerprint density at radius 1 is 1.10 bits per heavy atom. The van der Waals surface area contributed by atoms with Crippen molar-refractivity contribution in [2.45, 2.75) is 12.2 Å². The van der Waals surface area contributed by atoms with Gasteiger partial charge in [-0.2, -0.15) is 0 Å². The number of carbonyl (C=O) groups excluding carboxylic acids is 2. The molecule has 0 spiro atoms. The molecule has 0 saturated carbocycles. The molecule has 2 fully saturated rings. The Balaban J connectivity index is 1.76. The van der Waals surface area contributed by atoms with Crippen molar-refractivity contribution in [1.29, 1.82) is 0 Å². The summed E-state index contributed by atoms with van der Waals surface area (Å²) in [6, 6.07) is 3.83. The summed E-state index contributed by atoms with van der Waals surface area (Å²) in [4.78, 5) is 26.0. The van der Waals surface area contributed by atoms with Crippen LogP contribution in [0.2, 0.25) is 5.02 Å². The third-order valence-electron chi connectivity index (χ3n) is 4.07. The van der Waals surface area contributed by atoms with Crippen LogP contribution in [0.4, 0.5) is 10.1 Å². The average molecular weight is 294 g/mol. The van der Waals surface area contributed by atoms with Crippen LogP contribution in [0, 0.1) is 17.7 Å². The molecular formula is C14H9ClFNO3. The molecule has 102 valence electrons. The van der Waals surface area contributed by atoms with Gasteiger partial charge in [-0.3, -0.25) is 9.59 Å². The largest absolute Gasteiger partial charge is 0.365 e. The van der Waals surface area contributed by atoms with Crippen LogP contribution in [0.25, 0.3) is 0 Å². The van der Waals surface area contributed by atoms with Crippen molar-refractivity contribution in [2.75, 3.05) is 4.90 Å². The van der Waals surface area contributed by atoms with E-state index in [1.807, 2.05) is 12.2 Å². The van der Waals surface area contributed by atoms with E-state index in [0.29, 0.717) is 5.69 Å². The van der Waals surface area contributed by atoms with E-state index in [1.54, 1.807) is 0 Å². The van der Waals surface area contributed by atoms with Crippen LogP contribution in [0.1, 0.15) is 0 Å². The summed E-state index contributed by atoms with van der Waals surface area (Å²) < 4.78 is 18.7. The van der Waals surface area contributed by atoms with Crippen LogP contribution in [0.5, 0.6) is 0 Å². The molecule has 4 atom stereocenters. The van der Waals surface area contributed by atoms with Crippen LogP contribution in [0.15, 0.2) is 30.4 Å². The maximum absolute atomic E-state index is 13.2. The number of anilines is 1. The van der Waals surface area contributed by atoms with Crippen molar-refractivity contribution in [1.82, 2.24) is 0 Å². The SMILES string of the molecule is O=C1[C@@H]2[C@H](C(=O)N1c1ccc(F)c(Cl)c1)[C@H]1C=C[C@@H]2O1. The van der Waals surface area contributed by atoms with Gasteiger partial charge in [-0.25, -0.2) is 9.29 Å². The molecule has 2 saturated heterocycles. The Hall–Kier alpha value is -1.72. The van der Waals surface area contributed by atoms with Gasteiger partial charge < -0.3 is 4.74 Å². The lowest BCUT2D eigenvalue weighted by molar-refractivity contribution is -0.124. The number of fused-ring (bicyclic) bond motifs is 5. The van der Waals surface area contributed by atoms with E-state index in [2.05, 4.69) is 0 Å². The van der Waals surface area contributed by atoms with Crippen molar-refractivity contribution < 1.29 is 18.7 Å². The van der Waals surface area contributed by atoms with E-state index >= 15 is 0 Å². The normalized spacial score (nSPS) is 34.2. The monoisotopic (exact) mass is 293 g/mol. The zero-order valence-corrected chi connectivity index (χ0v) is 10.9. The van der Waals surface area contributed by atoms with E-state index in [1.165, 1.54) is 12.1 Å². The van der Waals surface area contributed by atoms with Crippen LogP contribution >= 0.6 is 11.6 Å². The van der Waals surface area contributed by atoms with Gasteiger partial charge in [0, 0.05) is 0 Å². The molecule has 0 unspecified atom stereocenters. The molecule has 4 rings (SSSR count). The molecule has 20 heavy (non-hydrogen) atoms. The molecule has 3 aliphatic heterocycles. The Morgan fingerprint density at radius 3 is 2.25 bits per heavy atom. The predicted molar refractivity (Wildman–Crippen MR) is 68.7 cm³/mol. The number of ether oxygens (including phenoxy) is 1. The molecule has 2 bridgehead atoms. The fourth-order valence-corrected chi connectivity index (χ4v) is 3.36. The molecule has 0 aromatic heterocycles. The standard InChI is InChI=1S/C14H9ClFNO3/c15-7-5-6(1-2-8(7)16)17-13(18)11-9-3-4-10(20-9)12(11)14(17)19/h1-5,9-12H/t9-,10+,11-,12+. The van der Waals surface area contributed by atoms with E-state index in [4.69, 9.17) is 16.3 Å². The highest BCUT2D eigenvalue weighted by molar-refractivity contribution is 6.31. The minimum atomic E-state index is -0.584. The zero-order chi connectivity index (χ0) is 14.0. The van der Waals surface area contributed by atoms with Gasteiger partial charge in [0.25, 0.3) is 0 Å². The van der Waals surface area contributed by atoms with Gasteiger partial charge >= 0.3 is 0 Å². The van der Waals surface area contributed by atoms with E-state index in [0.717, 1.165) is 11.0 Å². The molecule has 3 aliphatic rings. The fourth-order valence-electron chi connectivity index (χ4n) is 3.18. The Bertz CT molecular complexity index is 644. The molecule has 0 N–H and O–H groups in total. The first-order chi connectivity index (χ1) is 9.58. The number of imide groups is 1. The lowest BCUT2D eigenvalue weighted by Crippen LogP contribution is -2.34. The third kappa shape index (κ3) is 1.39. The second kappa shape index (κ2) is 3.90. The van der Waals surface area contributed by atoms with E-state index in [9.17, 15) is 14.0 Å². The number of hydrogen-bond acceptors (Lipinski definition) is 3. The van der Waals surface area contributed by atoms with Crippen molar-refractivity contribution in [3.8, 4) is 0 Å². The summed E-state index contributed by atoms with van der Waals surface area (Å²) in [5.41, 5.74) is 0.306. The van der Waals surface area contributed by atoms with Crippen LogP contribution in [0.3, 0.4) is 0 Å². The average Bonchev–Trinajstić information content (AvgIpc) is 3.08. The predicted octanol–water partition coefficient (Wildman–Crippen LogP) is 1.92. The summed E-state index contributed by atoms with van der Waals surface area (Å²) in [5, 5.41) is -0.113. The molecule has 4 nitrogen and oxygen atoms in total. The maximum atomic E-state index is 13.2. The van der Waals surface area contributed by atoms with Gasteiger partial charge in [-0.05, 0) is 18.2 Å². The summed E-state index contributed by atoms with van der Waals surface area (Å²) in [7, 11) is 0. The van der Waals surface area contributed by atoms with E-state index in [-0.39, 0.29) is 29.0 Å². The number of halogens is 2. The summed E-state index contributed by atoms with van der Waals surface area (Å²) in [6.07, 6.45) is 2.97. The second-order valence-corrected chi connectivity index (χ2v) is 5.52. The van der Waals surface area contributed by atoms with Crippen molar-refractivity contribution >= 4 is 29.1 Å². The summed E-state index contributed by atoms with van der Waals surface area (Å²) >= 11 is 5.72. The van der Waals surface area contributed by atoms with Crippen molar-refractivity contribution in [3.05, 3.63) is 41.2 Å². The van der Waals surface area contributed by atoms with Gasteiger partial charge in [0.15, 0.2) is 0 Å². The first kappa shape index (κ1) is 12.1. The van der Waals surface area contributed by atoms with Gasteiger partial charge in [-0.15, -0.1) is 0 Å². The highest BCUT2D eigenvalue weighted by Gasteiger charge is 2.61. The van der Waals surface area contributed by atoms with Gasteiger partial charge in [-0.1, -0.05) is 23.8 Å². The molecule has 3 heterocycles. The highest BCUT2D eigenvalue weighted by Crippen LogP contribution is 2.46. The smallest absolute Gasteiger partial charge is 0.240 e. The lowest BCUT2D eigenvalue weighted by atomic mass is 9.85. The zero-order valence-electron chi connectivity index (χ0n) is 10.1. The number of carbonyl (C=O) groups is 2. The molecule has 0 radical (unpaired) electrons. The van der Waals surface area contributed by atoms with E-state index < -0.39 is 17.7 Å². The minimum absolute atomic E-state index is 0.113.